The number of methoxy groups -OCH3 is 1. The van der Waals surface area contributed by atoms with Gasteiger partial charge in [-0.05, 0) is 73.1 Å². The summed E-state index contributed by atoms with van der Waals surface area (Å²) < 4.78 is 33.7. The van der Waals surface area contributed by atoms with Crippen molar-refractivity contribution >= 4 is 15.8 Å². The van der Waals surface area contributed by atoms with E-state index in [0.29, 0.717) is 30.1 Å². The molecular formula is C21H29NO5S. The van der Waals surface area contributed by atoms with Crippen LogP contribution in [0.2, 0.25) is 0 Å². The van der Waals surface area contributed by atoms with Gasteiger partial charge in [-0.1, -0.05) is 18.1 Å². The second-order valence-electron chi connectivity index (χ2n) is 8.88. The number of benzene rings is 1. The molecule has 4 rings (SSSR count). The maximum atomic E-state index is 11.5. The molecule has 0 amide bonds. The van der Waals surface area contributed by atoms with Gasteiger partial charge < -0.3 is 14.1 Å². The molecular weight excluding hydrogens is 378 g/mol. The van der Waals surface area contributed by atoms with Gasteiger partial charge in [0.05, 0.1) is 18.6 Å². The lowest BCUT2D eigenvalue weighted by atomic mass is 9.54. The van der Waals surface area contributed by atoms with E-state index in [2.05, 4.69) is 12.1 Å². The summed E-state index contributed by atoms with van der Waals surface area (Å²) in [5, 5.41) is 13.1. The first-order valence-corrected chi connectivity index (χ1v) is 11.8. The van der Waals surface area contributed by atoms with Gasteiger partial charge in [-0.25, -0.2) is 0 Å². The minimum absolute atomic E-state index is 0.00954. The van der Waals surface area contributed by atoms with Crippen LogP contribution in [0.3, 0.4) is 0 Å². The Labute approximate surface area is 167 Å². The first kappa shape index (κ1) is 19.7. The van der Waals surface area contributed by atoms with Crippen LogP contribution < -0.4 is 4.18 Å². The van der Waals surface area contributed by atoms with Crippen LogP contribution in [0.4, 0.5) is 0 Å². The van der Waals surface area contributed by atoms with Gasteiger partial charge >= 0.3 is 10.1 Å². The van der Waals surface area contributed by atoms with E-state index >= 15 is 0 Å². The maximum absolute atomic E-state index is 11.5. The van der Waals surface area contributed by atoms with Gasteiger partial charge in [-0.3, -0.25) is 0 Å². The van der Waals surface area contributed by atoms with Crippen LogP contribution in [0.5, 0.6) is 5.75 Å². The fourth-order valence-electron chi connectivity index (χ4n) is 6.24. The van der Waals surface area contributed by atoms with Crippen molar-refractivity contribution in [2.75, 3.05) is 20.0 Å². The average molecular weight is 408 g/mol. The molecule has 1 aromatic rings. The van der Waals surface area contributed by atoms with Gasteiger partial charge in [0.25, 0.3) is 0 Å². The third-order valence-corrected chi connectivity index (χ3v) is 7.86. The highest BCUT2D eigenvalue weighted by Crippen LogP contribution is 2.61. The summed E-state index contributed by atoms with van der Waals surface area (Å²) in [7, 11) is -1.85. The Morgan fingerprint density at radius 3 is 2.75 bits per heavy atom. The number of nitrogens with zero attached hydrogens (tertiary/aromatic N) is 1. The van der Waals surface area contributed by atoms with Crippen molar-refractivity contribution in [2.45, 2.75) is 50.9 Å². The molecule has 0 saturated heterocycles. The Hall–Kier alpha value is -1.60. The van der Waals surface area contributed by atoms with Gasteiger partial charge in [-0.2, -0.15) is 8.42 Å². The van der Waals surface area contributed by atoms with Crippen molar-refractivity contribution in [1.82, 2.24) is 0 Å². The summed E-state index contributed by atoms with van der Waals surface area (Å²) >= 11 is 0. The summed E-state index contributed by atoms with van der Waals surface area (Å²) in [6.07, 6.45) is 6.10. The van der Waals surface area contributed by atoms with E-state index in [9.17, 15) is 13.6 Å². The Bertz CT molecular complexity index is 896. The van der Waals surface area contributed by atoms with E-state index < -0.39 is 10.1 Å². The third-order valence-electron chi connectivity index (χ3n) is 7.37. The molecule has 0 spiro atoms. The van der Waals surface area contributed by atoms with E-state index in [1.54, 1.807) is 13.2 Å². The SMILES string of the molecule is COC[C@@H]1C[C@@H]2[C@H](CC[C@]3(C)C(=NO)CC[C@@H]23)c2ccc(OS(C)(=O)=O)cc21. The van der Waals surface area contributed by atoms with Crippen molar-refractivity contribution in [3.63, 3.8) is 0 Å². The number of ether oxygens (including phenoxy) is 1. The molecule has 1 aromatic carbocycles. The zero-order valence-corrected chi connectivity index (χ0v) is 17.5. The van der Waals surface area contributed by atoms with Crippen LogP contribution in [0, 0.1) is 17.3 Å². The summed E-state index contributed by atoms with van der Waals surface area (Å²) in [6.45, 7) is 2.86. The van der Waals surface area contributed by atoms with E-state index in [1.807, 2.05) is 12.1 Å². The monoisotopic (exact) mass is 407 g/mol. The number of hydrogen-bond acceptors (Lipinski definition) is 6. The van der Waals surface area contributed by atoms with Gasteiger partial charge in [0, 0.05) is 18.4 Å². The van der Waals surface area contributed by atoms with Gasteiger partial charge in [0.2, 0.25) is 0 Å². The number of rotatable bonds is 4. The largest absolute Gasteiger partial charge is 0.411 e. The predicted octanol–water partition coefficient (Wildman–Crippen LogP) is 3.90. The molecule has 0 heterocycles. The zero-order valence-electron chi connectivity index (χ0n) is 16.7. The smallest absolute Gasteiger partial charge is 0.306 e. The molecule has 0 bridgehead atoms. The lowest BCUT2D eigenvalue weighted by Gasteiger charge is -2.50. The van der Waals surface area contributed by atoms with Gasteiger partial charge in [-0.15, -0.1) is 0 Å². The topological polar surface area (TPSA) is 85.2 Å². The normalized spacial score (nSPS) is 35.9. The highest BCUT2D eigenvalue weighted by molar-refractivity contribution is 7.86. The molecule has 154 valence electrons. The minimum atomic E-state index is -3.55. The molecule has 0 unspecified atom stereocenters. The predicted molar refractivity (Wildman–Crippen MR) is 107 cm³/mol. The molecule has 3 aliphatic carbocycles. The molecule has 28 heavy (non-hydrogen) atoms. The molecule has 2 fully saturated rings. The molecule has 1 N–H and O–H groups in total. The number of hydrogen-bond donors (Lipinski definition) is 1. The lowest BCUT2D eigenvalue weighted by molar-refractivity contribution is 0.0706. The number of oxime groups is 1. The summed E-state index contributed by atoms with van der Waals surface area (Å²) in [4.78, 5) is 0. The summed E-state index contributed by atoms with van der Waals surface area (Å²) in [6, 6.07) is 5.71. The molecule has 6 nitrogen and oxygen atoms in total. The van der Waals surface area contributed by atoms with Crippen LogP contribution >= 0.6 is 0 Å². The first-order valence-electron chi connectivity index (χ1n) is 10.0. The van der Waals surface area contributed by atoms with E-state index in [-0.39, 0.29) is 11.3 Å². The molecule has 5 atom stereocenters. The Morgan fingerprint density at radius 1 is 1.29 bits per heavy atom. The highest BCUT2D eigenvalue weighted by Gasteiger charge is 2.54. The fourth-order valence-corrected chi connectivity index (χ4v) is 6.69. The van der Waals surface area contributed by atoms with E-state index in [1.165, 1.54) is 5.56 Å². The number of fused-ring (bicyclic) bond motifs is 5. The van der Waals surface area contributed by atoms with E-state index in [4.69, 9.17) is 8.92 Å². The quantitative estimate of drug-likeness (QED) is 0.465. The minimum Gasteiger partial charge on any atom is -0.411 e. The molecule has 0 aliphatic heterocycles. The molecule has 0 radical (unpaired) electrons. The second-order valence-corrected chi connectivity index (χ2v) is 10.5. The average Bonchev–Trinajstić information content (AvgIpc) is 2.97. The Balaban J connectivity index is 1.72. The Kier molecular flexibility index (Phi) is 4.94. The molecule has 7 heteroatoms. The maximum Gasteiger partial charge on any atom is 0.306 e. The van der Waals surface area contributed by atoms with Crippen molar-refractivity contribution < 1.29 is 22.5 Å². The first-order chi connectivity index (χ1) is 13.3. The molecule has 2 saturated carbocycles. The van der Waals surface area contributed by atoms with Gasteiger partial charge in [0.1, 0.15) is 5.75 Å². The molecule has 0 aromatic heterocycles. The van der Waals surface area contributed by atoms with Crippen molar-refractivity contribution in [1.29, 1.82) is 0 Å². The van der Waals surface area contributed by atoms with Crippen molar-refractivity contribution in [2.24, 2.45) is 22.4 Å². The van der Waals surface area contributed by atoms with Crippen LogP contribution in [0.25, 0.3) is 0 Å². The van der Waals surface area contributed by atoms with Gasteiger partial charge in [0.15, 0.2) is 0 Å². The zero-order chi connectivity index (χ0) is 20.1. The van der Waals surface area contributed by atoms with Crippen molar-refractivity contribution in [3.8, 4) is 5.75 Å². The molecule has 3 aliphatic rings. The van der Waals surface area contributed by atoms with Crippen LogP contribution in [-0.2, 0) is 14.9 Å². The Morgan fingerprint density at radius 2 is 2.07 bits per heavy atom. The standard InChI is InChI=1S/C21H29NO5S/c1-21-9-8-16-15-5-4-14(27-28(3,24)25)11-17(15)13(12-26-2)10-18(16)19(21)6-7-20(21)22-23/h4-5,11,13,16,18-19,23H,6-10,12H2,1-3H3/t13-,16+,18+,19-,21-/m0/s1. The van der Waals surface area contributed by atoms with Crippen LogP contribution in [0.15, 0.2) is 23.4 Å². The van der Waals surface area contributed by atoms with Crippen LogP contribution in [0.1, 0.15) is 62.0 Å². The van der Waals surface area contributed by atoms with Crippen LogP contribution in [-0.4, -0.2) is 39.3 Å². The highest BCUT2D eigenvalue weighted by atomic mass is 32.2. The van der Waals surface area contributed by atoms with Crippen molar-refractivity contribution in [3.05, 3.63) is 29.3 Å². The summed E-state index contributed by atoms with van der Waals surface area (Å²) in [5.41, 5.74) is 3.41. The summed E-state index contributed by atoms with van der Waals surface area (Å²) in [5.74, 6) is 2.06. The lowest BCUT2D eigenvalue weighted by Crippen LogP contribution is -2.43. The fraction of sp³-hybridized carbons (Fsp3) is 0.667. The third kappa shape index (κ3) is 3.22. The second kappa shape index (κ2) is 7.02. The van der Waals surface area contributed by atoms with E-state index in [0.717, 1.165) is 49.6 Å².